The molecular weight excluding hydrogens is 442 g/mol. The molecule has 0 radical (unpaired) electrons. The molecule has 4 aromatic carbocycles. The zero-order valence-corrected chi connectivity index (χ0v) is 19.9. The van der Waals surface area contributed by atoms with Gasteiger partial charge in [-0.3, -0.25) is 0 Å². The molecule has 31 heavy (non-hydrogen) atoms. The van der Waals surface area contributed by atoms with Gasteiger partial charge in [0.25, 0.3) is 0 Å². The van der Waals surface area contributed by atoms with E-state index in [0.29, 0.717) is 0 Å². The smallest absolute Gasteiger partial charge is 0.233 e. The zero-order chi connectivity index (χ0) is 21.2. The van der Waals surface area contributed by atoms with Crippen LogP contribution in [0.25, 0.3) is 0 Å². The Balaban J connectivity index is 0.000000808. The molecule has 4 aromatic rings. The first-order valence-corrected chi connectivity index (χ1v) is 11.8. The predicted octanol–water partition coefficient (Wildman–Crippen LogP) is 5.97. The second-order valence-electron chi connectivity index (χ2n) is 7.13. The molecule has 0 aliphatic rings. The van der Waals surface area contributed by atoms with Crippen LogP contribution in [0.1, 0.15) is 25.0 Å². The summed E-state index contributed by atoms with van der Waals surface area (Å²) in [6, 6.07) is 40.9. The van der Waals surface area contributed by atoms with Crippen LogP contribution < -0.4 is 10.6 Å². The van der Waals surface area contributed by atoms with Gasteiger partial charge < -0.3 is 11.5 Å². The van der Waals surface area contributed by atoms with Gasteiger partial charge in [-0.2, -0.15) is 13.8 Å². The van der Waals surface area contributed by atoms with Gasteiger partial charge in [-0.25, -0.2) is 0 Å². The first-order chi connectivity index (χ1) is 14.7. The third-order valence-electron chi connectivity index (χ3n) is 4.87. The molecule has 4 rings (SSSR count). The summed E-state index contributed by atoms with van der Waals surface area (Å²) in [5, 5.41) is 13.6. The average Bonchev–Trinajstić information content (AvgIpc) is 2.82. The third-order valence-corrected chi connectivity index (χ3v) is 7.99. The van der Waals surface area contributed by atoms with Gasteiger partial charge in [0.05, 0.1) is 0 Å². The predicted molar refractivity (Wildman–Crippen MR) is 132 cm³/mol. The number of hydrogen-bond acceptors (Lipinski definition) is 1. The summed E-state index contributed by atoms with van der Waals surface area (Å²) < 4.78 is 0. The maximum Gasteiger partial charge on any atom is 0.233 e. The van der Waals surface area contributed by atoms with E-state index in [1.165, 1.54) is 10.6 Å². The Morgan fingerprint density at radius 1 is 0.548 bits per heavy atom. The summed E-state index contributed by atoms with van der Waals surface area (Å²) in [5.41, 5.74) is 1.86. The van der Waals surface area contributed by atoms with Crippen molar-refractivity contribution >= 4 is 18.5 Å². The fourth-order valence-corrected chi connectivity index (χ4v) is 6.74. The van der Waals surface area contributed by atoms with Gasteiger partial charge in [0.15, 0.2) is 0 Å². The van der Waals surface area contributed by atoms with Crippen LogP contribution in [0.2, 0.25) is 0 Å². The van der Waals surface area contributed by atoms with E-state index in [4.69, 9.17) is 0 Å². The van der Waals surface area contributed by atoms with Crippen LogP contribution in [-0.4, -0.2) is 5.11 Å². The maximum atomic E-state index is 12.4. The van der Waals surface area contributed by atoms with Gasteiger partial charge in [0, 0.05) is 27.6 Å². The summed E-state index contributed by atoms with van der Waals surface area (Å²) in [5.74, 6) is 0. The molecule has 1 nitrogen and oxygen atoms in total. The molecule has 0 aromatic heterocycles. The molecule has 0 aliphatic carbocycles. The fourth-order valence-electron chi connectivity index (χ4n) is 3.61. The van der Waals surface area contributed by atoms with Crippen molar-refractivity contribution in [1.29, 1.82) is 0 Å². The zero-order valence-electron chi connectivity index (χ0n) is 17.9. The molecule has 0 unspecified atom stereocenters. The van der Waals surface area contributed by atoms with Gasteiger partial charge in [0.1, 0.15) is 18.5 Å². The molecule has 0 saturated carbocycles. The van der Waals surface area contributed by atoms with Crippen molar-refractivity contribution in [2.75, 3.05) is 0 Å². The summed E-state index contributed by atoms with van der Waals surface area (Å²) in [6.07, 6.45) is 2.00. The Labute approximate surface area is 197 Å². The van der Waals surface area contributed by atoms with E-state index in [1.54, 1.807) is 0 Å². The summed E-state index contributed by atoms with van der Waals surface area (Å²) in [7, 11) is -1.59. The molecule has 162 valence electrons. The van der Waals surface area contributed by atoms with Gasteiger partial charge in [-0.1, -0.05) is 97.1 Å². The topological polar surface area (TPSA) is 20.2 Å². The summed E-state index contributed by atoms with van der Waals surface area (Å²) in [4.78, 5) is 0. The molecule has 0 bridgehead atoms. The molecule has 0 amide bonds. The van der Waals surface area contributed by atoms with E-state index in [9.17, 15) is 5.11 Å². The van der Waals surface area contributed by atoms with E-state index in [1.807, 2.05) is 93.1 Å². The molecule has 0 saturated heterocycles. The van der Waals surface area contributed by atoms with E-state index < -0.39 is 13.3 Å². The fraction of sp³-hybridized carbons (Fsp3) is 0.107. The van der Waals surface area contributed by atoms with Gasteiger partial charge >= 0.3 is 0 Å². The quantitative estimate of drug-likeness (QED) is 0.216. The molecule has 0 fully saturated rings. The van der Waals surface area contributed by atoms with E-state index >= 15 is 0 Å². The van der Waals surface area contributed by atoms with Crippen LogP contribution in [0, 0.1) is 6.42 Å². The molecule has 0 aliphatic heterocycles. The van der Waals surface area contributed by atoms with Crippen molar-refractivity contribution in [3.63, 3.8) is 0 Å². The molecule has 1 N–H and O–H groups in total. The maximum absolute atomic E-state index is 12.4. The van der Waals surface area contributed by atoms with Gasteiger partial charge in [0.2, 0.25) is 5.34 Å². The van der Waals surface area contributed by atoms with Crippen LogP contribution >= 0.6 is 7.92 Å². The number of rotatable bonds is 5. The molecule has 0 spiro atoms. The monoisotopic (exact) mass is 470 g/mol. The third kappa shape index (κ3) is 5.93. The Morgan fingerprint density at radius 2 is 0.806 bits per heavy atom. The first kappa shape index (κ1) is 25.0. The van der Waals surface area contributed by atoms with Crippen molar-refractivity contribution in [3.8, 4) is 0 Å². The number of aliphatic hydroxyl groups is 1. The minimum absolute atomic E-state index is 0. The van der Waals surface area contributed by atoms with Crippen molar-refractivity contribution in [2.24, 2.45) is 0 Å². The second-order valence-corrected chi connectivity index (χ2v) is 9.76. The van der Waals surface area contributed by atoms with Crippen molar-refractivity contribution in [1.82, 2.24) is 0 Å². The largest absolute Gasteiger partial charge is 0.349 e. The minimum Gasteiger partial charge on any atom is -0.349 e. The Morgan fingerprint density at radius 3 is 1.10 bits per heavy atom. The van der Waals surface area contributed by atoms with Crippen LogP contribution in [-0.2, 0) is 21.8 Å². The Kier molecular flexibility index (Phi) is 10.2. The number of benzene rings is 4. The average molecular weight is 471 g/mol. The SMILES string of the molecule is C[CH-]C.OC(c1ccccc1)(c1ccccc1)[PH+](c1ccccc1)c1ccccc1.[Ni]. The van der Waals surface area contributed by atoms with E-state index in [0.717, 1.165) is 11.1 Å². The Bertz CT molecular complexity index is 913. The summed E-state index contributed by atoms with van der Waals surface area (Å²) >= 11 is 0. The molecule has 0 atom stereocenters. The molecule has 0 heterocycles. The standard InChI is InChI=1S/C25H21OP.C3H7.Ni/c26-25(21-13-5-1-6-14-21,22-15-7-2-8-16-22)27(23-17-9-3-10-18-23)24-19-11-4-12-20-24;1-3-2;/h1-20,26H;3H,1-2H3;/q;-1;/p+1. The molecular formula is C28H29NiOP. The molecule has 3 heteroatoms. The summed E-state index contributed by atoms with van der Waals surface area (Å²) in [6.45, 7) is 4.00. The first-order valence-electron chi connectivity index (χ1n) is 10.3. The van der Waals surface area contributed by atoms with E-state index in [-0.39, 0.29) is 16.5 Å². The van der Waals surface area contributed by atoms with Crippen LogP contribution in [0.4, 0.5) is 0 Å². The van der Waals surface area contributed by atoms with Gasteiger partial charge in [-0.15, -0.1) is 0 Å². The van der Waals surface area contributed by atoms with Crippen molar-refractivity contribution < 1.29 is 21.6 Å². The van der Waals surface area contributed by atoms with Gasteiger partial charge in [-0.05, 0) is 24.3 Å². The Hall–Kier alpha value is -2.24. The van der Waals surface area contributed by atoms with Crippen LogP contribution in [0.5, 0.6) is 0 Å². The van der Waals surface area contributed by atoms with Crippen molar-refractivity contribution in [3.05, 3.63) is 139 Å². The van der Waals surface area contributed by atoms with Crippen LogP contribution in [0.15, 0.2) is 121 Å². The number of hydrogen-bond donors (Lipinski definition) is 1. The van der Waals surface area contributed by atoms with E-state index in [2.05, 4.69) is 48.5 Å². The van der Waals surface area contributed by atoms with Crippen molar-refractivity contribution in [2.45, 2.75) is 19.2 Å². The van der Waals surface area contributed by atoms with Crippen LogP contribution in [0.3, 0.4) is 0 Å². The second kappa shape index (κ2) is 12.6. The minimum atomic E-state index is -1.59. The normalized spacial score (nSPS) is 10.6.